The van der Waals surface area contributed by atoms with E-state index in [2.05, 4.69) is 11.9 Å². The van der Waals surface area contributed by atoms with E-state index in [0.29, 0.717) is 13.2 Å². The smallest absolute Gasteiger partial charge is 0.330 e. The molecule has 0 spiro atoms. The molecule has 3 unspecified atom stereocenters. The second kappa shape index (κ2) is 8.27. The van der Waals surface area contributed by atoms with Crippen molar-refractivity contribution in [3.63, 3.8) is 0 Å². The Balaban J connectivity index is 1.81. The normalized spacial score (nSPS) is 33.3. The van der Waals surface area contributed by atoms with Crippen LogP contribution in [0.5, 0.6) is 0 Å². The quantitative estimate of drug-likeness (QED) is 0.644. The highest BCUT2D eigenvalue weighted by atomic mass is 32.5. The maximum atomic E-state index is 12.2. The zero-order valence-electron chi connectivity index (χ0n) is 16.0. The number of aromatic amines is 1. The van der Waals surface area contributed by atoms with E-state index in [1.165, 1.54) is 16.8 Å². The highest BCUT2D eigenvalue weighted by Crippen LogP contribution is 2.67. The Labute approximate surface area is 163 Å². The summed E-state index contributed by atoms with van der Waals surface area (Å²) < 4.78 is 25.0. The van der Waals surface area contributed by atoms with Crippen molar-refractivity contribution in [1.82, 2.24) is 9.55 Å². The summed E-state index contributed by atoms with van der Waals surface area (Å²) in [5.74, 6) is 0.269. The van der Waals surface area contributed by atoms with Crippen LogP contribution >= 0.6 is 6.49 Å². The first-order valence-electron chi connectivity index (χ1n) is 9.24. The number of methoxy groups -OCH3 is 1. The molecular weight excluding hydrogens is 391 g/mol. The van der Waals surface area contributed by atoms with Crippen molar-refractivity contribution in [3.05, 3.63) is 33.1 Å². The zero-order valence-corrected chi connectivity index (χ0v) is 17.7. The molecule has 2 heterocycles. The molecule has 0 aromatic carbocycles. The fourth-order valence-corrected chi connectivity index (χ4v) is 7.67. The van der Waals surface area contributed by atoms with Crippen LogP contribution in [0.3, 0.4) is 0 Å². The predicted molar refractivity (Wildman–Crippen MR) is 105 cm³/mol. The molecule has 2 aliphatic rings. The number of aromatic nitrogens is 2. The van der Waals surface area contributed by atoms with Crippen LogP contribution in [-0.2, 0) is 30.3 Å². The molecule has 10 heteroatoms. The summed E-state index contributed by atoms with van der Waals surface area (Å²) in [6.45, 7) is 4.59. The van der Waals surface area contributed by atoms with Crippen molar-refractivity contribution in [2.45, 2.75) is 51.3 Å². The number of hydrogen-bond acceptors (Lipinski definition) is 7. The van der Waals surface area contributed by atoms with Crippen molar-refractivity contribution >= 4 is 18.3 Å². The molecule has 1 saturated carbocycles. The Kier molecular flexibility index (Phi) is 6.40. The average Bonchev–Trinajstić information content (AvgIpc) is 3.34. The molecule has 1 aliphatic heterocycles. The van der Waals surface area contributed by atoms with Gasteiger partial charge in [-0.15, -0.1) is 0 Å². The van der Waals surface area contributed by atoms with Crippen LogP contribution in [-0.4, -0.2) is 47.7 Å². The Morgan fingerprint density at radius 3 is 2.56 bits per heavy atom. The third kappa shape index (κ3) is 3.99. The van der Waals surface area contributed by atoms with E-state index in [4.69, 9.17) is 30.3 Å². The first-order chi connectivity index (χ1) is 12.9. The highest BCUT2D eigenvalue weighted by Gasteiger charge is 2.59. The van der Waals surface area contributed by atoms with E-state index >= 15 is 0 Å². The molecule has 8 nitrogen and oxygen atoms in total. The van der Waals surface area contributed by atoms with Crippen molar-refractivity contribution in [2.75, 3.05) is 20.3 Å². The molecule has 6 atom stereocenters. The summed E-state index contributed by atoms with van der Waals surface area (Å²) in [4.78, 5) is 25.8. The van der Waals surface area contributed by atoms with Gasteiger partial charge < -0.3 is 18.5 Å². The van der Waals surface area contributed by atoms with E-state index < -0.39 is 24.0 Å². The average molecular weight is 418 g/mol. The number of H-pyrrole nitrogens is 1. The van der Waals surface area contributed by atoms with Gasteiger partial charge in [0.2, 0.25) is 0 Å². The number of nitrogens with zero attached hydrogens (tertiary/aromatic N) is 1. The monoisotopic (exact) mass is 418 g/mol. The number of rotatable bonds is 8. The van der Waals surface area contributed by atoms with Crippen LogP contribution in [0.25, 0.3) is 0 Å². The summed E-state index contributed by atoms with van der Waals surface area (Å²) in [5, 5.41) is 0. The molecule has 0 radical (unpaired) electrons. The second-order valence-electron chi connectivity index (χ2n) is 6.91. The maximum Gasteiger partial charge on any atom is 0.330 e. The van der Waals surface area contributed by atoms with Gasteiger partial charge in [0.25, 0.3) is 5.56 Å². The van der Waals surface area contributed by atoms with Crippen molar-refractivity contribution in [3.8, 4) is 0 Å². The summed E-state index contributed by atoms with van der Waals surface area (Å²) in [5.41, 5.74) is -0.795. The Hall–Kier alpha value is -0.830. The molecule has 0 bridgehead atoms. The molecule has 152 valence electrons. The number of nitrogens with one attached hydrogen (secondary N) is 1. The molecule has 27 heavy (non-hydrogen) atoms. The van der Waals surface area contributed by atoms with Gasteiger partial charge >= 0.3 is 5.69 Å². The van der Waals surface area contributed by atoms with Crippen LogP contribution < -0.4 is 11.2 Å². The largest absolute Gasteiger partial charge is 0.376 e. The molecule has 1 aromatic heterocycles. The Morgan fingerprint density at radius 2 is 2.00 bits per heavy atom. The van der Waals surface area contributed by atoms with E-state index in [0.717, 1.165) is 6.42 Å². The van der Waals surface area contributed by atoms with Crippen LogP contribution in [0.1, 0.15) is 33.4 Å². The van der Waals surface area contributed by atoms with E-state index in [1.807, 2.05) is 13.8 Å². The van der Waals surface area contributed by atoms with Crippen molar-refractivity contribution in [2.24, 2.45) is 11.8 Å². The van der Waals surface area contributed by atoms with Gasteiger partial charge in [-0.3, -0.25) is 14.3 Å². The molecule has 1 saturated heterocycles. The fraction of sp³-hybridized carbons (Fsp3) is 0.765. The summed E-state index contributed by atoms with van der Waals surface area (Å²) in [6.07, 6.45) is 1.31. The third-order valence-corrected chi connectivity index (χ3v) is 9.35. The van der Waals surface area contributed by atoms with Gasteiger partial charge in [0, 0.05) is 30.9 Å². The standard InChI is InChI=1S/C17H27N2O6PS/c1-5-23-26(27,24-6-2)12-9-11(12)14-10(3)15(22-4)16(25-14)19-8-7-13(20)18-17(19)21/h7-8,10-12,14-16H,5-6,9H2,1-4H3,(H,18,20,21)/t10-,11?,12?,14-,15?,16+/m0/s1. The minimum absolute atomic E-state index is 0.0560. The number of ether oxygens (including phenoxy) is 2. The van der Waals surface area contributed by atoms with Crippen LogP contribution in [0.4, 0.5) is 0 Å². The van der Waals surface area contributed by atoms with Crippen molar-refractivity contribution in [1.29, 1.82) is 0 Å². The van der Waals surface area contributed by atoms with Crippen LogP contribution in [0, 0.1) is 11.8 Å². The molecule has 1 N–H and O–H groups in total. The van der Waals surface area contributed by atoms with E-state index in [-0.39, 0.29) is 29.7 Å². The molecule has 1 aromatic rings. The van der Waals surface area contributed by atoms with E-state index in [1.54, 1.807) is 7.11 Å². The van der Waals surface area contributed by atoms with Crippen LogP contribution in [0.15, 0.2) is 21.9 Å². The van der Waals surface area contributed by atoms with Gasteiger partial charge in [0.15, 0.2) is 12.7 Å². The molecule has 3 rings (SSSR count). The fourth-order valence-electron chi connectivity index (χ4n) is 3.99. The minimum atomic E-state index is -2.35. The van der Waals surface area contributed by atoms with E-state index in [9.17, 15) is 9.59 Å². The van der Waals surface area contributed by atoms with Gasteiger partial charge in [-0.25, -0.2) is 4.79 Å². The Morgan fingerprint density at radius 1 is 1.33 bits per heavy atom. The summed E-state index contributed by atoms with van der Waals surface area (Å²) in [7, 11) is 1.60. The first-order valence-corrected chi connectivity index (χ1v) is 12.0. The number of hydrogen-bond donors (Lipinski definition) is 1. The summed E-state index contributed by atoms with van der Waals surface area (Å²) >= 11 is 5.74. The topological polar surface area (TPSA) is 91.8 Å². The van der Waals surface area contributed by atoms with Gasteiger partial charge in [0.1, 0.15) is 6.10 Å². The lowest BCUT2D eigenvalue weighted by Gasteiger charge is -2.23. The maximum absolute atomic E-state index is 12.2. The van der Waals surface area contributed by atoms with Gasteiger partial charge in [-0.2, -0.15) is 0 Å². The zero-order chi connectivity index (χ0) is 19.8. The molecule has 0 amide bonds. The molecular formula is C17H27N2O6PS. The van der Waals surface area contributed by atoms with Crippen molar-refractivity contribution < 1.29 is 18.5 Å². The Bertz CT molecular complexity index is 816. The molecule has 1 aliphatic carbocycles. The predicted octanol–water partition coefficient (Wildman–Crippen LogP) is 1.86. The third-order valence-electron chi connectivity index (χ3n) is 5.26. The SMILES string of the molecule is CCOP(=S)(OCC)C1CC1[C@H]1O[C@@H](n2ccc(=O)[nH]c2=O)C(OC)[C@H]1C. The lowest BCUT2D eigenvalue weighted by Crippen LogP contribution is -2.36. The molecule has 2 fully saturated rings. The highest BCUT2D eigenvalue weighted by molar-refractivity contribution is 8.10. The van der Waals surface area contributed by atoms with Gasteiger partial charge in [0.05, 0.1) is 19.3 Å². The minimum Gasteiger partial charge on any atom is -0.376 e. The lowest BCUT2D eigenvalue weighted by molar-refractivity contribution is -0.0568. The lowest BCUT2D eigenvalue weighted by atomic mass is 9.97. The first kappa shape index (κ1) is 20.9. The van der Waals surface area contributed by atoms with Gasteiger partial charge in [-0.1, -0.05) is 6.92 Å². The van der Waals surface area contributed by atoms with Crippen LogP contribution in [0.2, 0.25) is 0 Å². The summed E-state index contributed by atoms with van der Waals surface area (Å²) in [6, 6.07) is 1.30. The second-order valence-corrected chi connectivity index (χ2v) is 10.7. The van der Waals surface area contributed by atoms with Gasteiger partial charge in [-0.05, 0) is 38.0 Å².